The highest BCUT2D eigenvalue weighted by molar-refractivity contribution is 5.76. The summed E-state index contributed by atoms with van der Waals surface area (Å²) in [5, 5.41) is 15.2. The Labute approximate surface area is 134 Å². The van der Waals surface area contributed by atoms with Gasteiger partial charge >= 0.3 is 0 Å². The second-order valence-electron chi connectivity index (χ2n) is 6.22. The molecule has 0 saturated carbocycles. The third kappa shape index (κ3) is 3.40. The number of carbonyl (C=O) groups excluding carboxylic acids is 1. The Bertz CT molecular complexity index is 690. The molecule has 0 radical (unpaired) electrons. The molecule has 0 saturated heterocycles. The molecule has 2 aromatic rings. The molecular weight excluding hydrogens is 296 g/mol. The third-order valence-corrected chi connectivity index (χ3v) is 3.97. The highest BCUT2D eigenvalue weighted by atomic mass is 16.5. The Hall–Kier alpha value is -2.25. The summed E-state index contributed by atoms with van der Waals surface area (Å²) in [6.07, 6.45) is 2.80. The molecule has 0 fully saturated rings. The van der Waals surface area contributed by atoms with Crippen LogP contribution in [0, 0.1) is 0 Å². The van der Waals surface area contributed by atoms with Gasteiger partial charge in [-0.2, -0.15) is 4.98 Å². The average molecular weight is 318 g/mol. The monoisotopic (exact) mass is 318 g/mol. The average Bonchev–Trinajstić information content (AvgIpc) is 3.20. The van der Waals surface area contributed by atoms with Crippen molar-refractivity contribution in [1.29, 1.82) is 0 Å². The van der Waals surface area contributed by atoms with Gasteiger partial charge in [0.25, 0.3) is 0 Å². The van der Waals surface area contributed by atoms with Gasteiger partial charge in [0.1, 0.15) is 5.82 Å². The smallest absolute Gasteiger partial charge is 0.227 e. The minimum atomic E-state index is -0.157. The Morgan fingerprint density at radius 1 is 1.35 bits per heavy atom. The topological polar surface area (TPSA) is 98.7 Å². The fraction of sp³-hybridized carbons (Fsp3) is 0.667. The van der Waals surface area contributed by atoms with E-state index in [1.807, 2.05) is 20.8 Å². The first-order chi connectivity index (χ1) is 11.0. The Morgan fingerprint density at radius 2 is 2.17 bits per heavy atom. The first kappa shape index (κ1) is 15.6. The zero-order valence-corrected chi connectivity index (χ0v) is 13.7. The molecule has 0 aromatic carbocycles. The van der Waals surface area contributed by atoms with Crippen LogP contribution in [0.1, 0.15) is 68.9 Å². The predicted octanol–water partition coefficient (Wildman–Crippen LogP) is 1.54. The highest BCUT2D eigenvalue weighted by Crippen LogP contribution is 2.19. The lowest BCUT2D eigenvalue weighted by Gasteiger charge is -2.13. The second-order valence-corrected chi connectivity index (χ2v) is 6.22. The van der Waals surface area contributed by atoms with E-state index in [4.69, 9.17) is 4.52 Å². The number of hydrogen-bond donors (Lipinski definition) is 1. The van der Waals surface area contributed by atoms with Crippen molar-refractivity contribution in [2.75, 3.05) is 0 Å². The number of hydrogen-bond acceptors (Lipinski definition) is 6. The van der Waals surface area contributed by atoms with E-state index in [9.17, 15) is 4.79 Å². The maximum atomic E-state index is 12.1. The zero-order chi connectivity index (χ0) is 16.4. The third-order valence-electron chi connectivity index (χ3n) is 3.97. The van der Waals surface area contributed by atoms with Crippen molar-refractivity contribution in [3.05, 3.63) is 23.4 Å². The number of aromatic nitrogens is 5. The van der Waals surface area contributed by atoms with E-state index in [0.717, 1.165) is 31.0 Å². The molecule has 124 valence electrons. The van der Waals surface area contributed by atoms with Crippen LogP contribution in [-0.2, 0) is 24.2 Å². The van der Waals surface area contributed by atoms with Crippen LogP contribution < -0.4 is 5.32 Å². The van der Waals surface area contributed by atoms with E-state index in [0.29, 0.717) is 24.6 Å². The maximum Gasteiger partial charge on any atom is 0.227 e. The summed E-state index contributed by atoms with van der Waals surface area (Å²) in [7, 11) is 0. The number of nitrogens with one attached hydrogen (secondary N) is 1. The van der Waals surface area contributed by atoms with Gasteiger partial charge in [-0.25, -0.2) is 0 Å². The highest BCUT2D eigenvalue weighted by Gasteiger charge is 2.22. The molecule has 1 atom stereocenters. The maximum absolute atomic E-state index is 12.1. The first-order valence-corrected chi connectivity index (χ1v) is 8.08. The van der Waals surface area contributed by atoms with Crippen LogP contribution in [0.3, 0.4) is 0 Å². The molecule has 1 aliphatic rings. The lowest BCUT2D eigenvalue weighted by atomic mass is 10.2. The van der Waals surface area contributed by atoms with Gasteiger partial charge in [0.2, 0.25) is 11.8 Å². The predicted molar refractivity (Wildman–Crippen MR) is 81.6 cm³/mol. The van der Waals surface area contributed by atoms with Crippen molar-refractivity contribution in [3.63, 3.8) is 0 Å². The first-order valence-electron chi connectivity index (χ1n) is 8.08. The van der Waals surface area contributed by atoms with Gasteiger partial charge in [0, 0.05) is 31.7 Å². The molecule has 2 aromatic heterocycles. The molecule has 1 aliphatic heterocycles. The van der Waals surface area contributed by atoms with Crippen molar-refractivity contribution < 1.29 is 9.32 Å². The minimum Gasteiger partial charge on any atom is -0.346 e. The molecule has 8 nitrogen and oxygen atoms in total. The van der Waals surface area contributed by atoms with Gasteiger partial charge < -0.3 is 14.4 Å². The normalized spacial score (nSPS) is 15.0. The molecule has 3 heterocycles. The van der Waals surface area contributed by atoms with Gasteiger partial charge in [0.15, 0.2) is 11.6 Å². The summed E-state index contributed by atoms with van der Waals surface area (Å²) < 4.78 is 7.24. The molecule has 8 heteroatoms. The van der Waals surface area contributed by atoms with E-state index in [2.05, 4.69) is 30.2 Å². The summed E-state index contributed by atoms with van der Waals surface area (Å²) in [4.78, 5) is 16.4. The van der Waals surface area contributed by atoms with Crippen LogP contribution in [0.4, 0.5) is 0 Å². The van der Waals surface area contributed by atoms with Gasteiger partial charge in [0.05, 0.1) is 6.04 Å². The molecule has 23 heavy (non-hydrogen) atoms. The van der Waals surface area contributed by atoms with Gasteiger partial charge in [-0.05, 0) is 13.3 Å². The second kappa shape index (κ2) is 6.47. The summed E-state index contributed by atoms with van der Waals surface area (Å²) in [6.45, 7) is 6.86. The van der Waals surface area contributed by atoms with Crippen LogP contribution in [0.15, 0.2) is 4.52 Å². The molecule has 0 unspecified atom stereocenters. The van der Waals surface area contributed by atoms with Crippen LogP contribution in [0.25, 0.3) is 0 Å². The van der Waals surface area contributed by atoms with Crippen LogP contribution in [-0.4, -0.2) is 30.8 Å². The molecule has 1 amide bonds. The molecule has 0 aliphatic carbocycles. The van der Waals surface area contributed by atoms with Gasteiger partial charge in [-0.1, -0.05) is 19.0 Å². The number of amides is 1. The van der Waals surface area contributed by atoms with E-state index in [-0.39, 0.29) is 17.9 Å². The summed E-state index contributed by atoms with van der Waals surface area (Å²) in [6, 6.07) is -0.157. The van der Waals surface area contributed by atoms with Crippen molar-refractivity contribution in [1.82, 2.24) is 30.2 Å². The quantitative estimate of drug-likeness (QED) is 0.867. The number of nitrogens with zero attached hydrogens (tertiary/aromatic N) is 5. The lowest BCUT2D eigenvalue weighted by molar-refractivity contribution is -0.121. The van der Waals surface area contributed by atoms with Crippen LogP contribution in [0.5, 0.6) is 0 Å². The summed E-state index contributed by atoms with van der Waals surface area (Å²) >= 11 is 0. The van der Waals surface area contributed by atoms with Gasteiger partial charge in [-0.3, -0.25) is 4.79 Å². The van der Waals surface area contributed by atoms with Crippen molar-refractivity contribution in [2.45, 2.75) is 65.0 Å². The van der Waals surface area contributed by atoms with Crippen LogP contribution >= 0.6 is 0 Å². The largest absolute Gasteiger partial charge is 0.346 e. The Morgan fingerprint density at radius 3 is 2.91 bits per heavy atom. The van der Waals surface area contributed by atoms with E-state index >= 15 is 0 Å². The fourth-order valence-electron chi connectivity index (χ4n) is 2.70. The number of rotatable bonds is 6. The molecular formula is C15H22N6O2. The van der Waals surface area contributed by atoms with E-state index in [1.54, 1.807) is 0 Å². The molecule has 0 bridgehead atoms. The van der Waals surface area contributed by atoms with E-state index in [1.165, 1.54) is 0 Å². The minimum absolute atomic E-state index is 0.0582. The van der Waals surface area contributed by atoms with E-state index < -0.39 is 0 Å². The van der Waals surface area contributed by atoms with Crippen LogP contribution in [0.2, 0.25) is 0 Å². The number of fused-ring (bicyclic) bond motifs is 1. The number of carbonyl (C=O) groups is 1. The van der Waals surface area contributed by atoms with Crippen molar-refractivity contribution in [2.24, 2.45) is 0 Å². The fourth-order valence-corrected chi connectivity index (χ4v) is 2.70. The van der Waals surface area contributed by atoms with Gasteiger partial charge in [-0.15, -0.1) is 10.2 Å². The van der Waals surface area contributed by atoms with Crippen molar-refractivity contribution >= 4 is 5.91 Å². The summed E-state index contributed by atoms with van der Waals surface area (Å²) in [5.41, 5.74) is 0. The molecule has 3 rings (SSSR count). The standard InChI is InChI=1S/C15H22N6O2/c1-9(2)14-17-13(23-20-14)7-6-12(22)16-10(3)15-19-18-11-5-4-8-21(11)15/h9-10H,4-8H2,1-3H3,(H,16,22)/t10-/m1/s1. The SMILES string of the molecule is CC(C)c1noc(CCC(=O)N[C@H](C)c2nnc3n2CCC3)n1. The van der Waals surface area contributed by atoms with Crippen molar-refractivity contribution in [3.8, 4) is 0 Å². The Kier molecular flexibility index (Phi) is 4.40. The molecule has 0 spiro atoms. The lowest BCUT2D eigenvalue weighted by Crippen LogP contribution is -2.28. The molecule has 1 N–H and O–H groups in total. The summed E-state index contributed by atoms with van der Waals surface area (Å²) in [5.74, 6) is 3.17. The zero-order valence-electron chi connectivity index (χ0n) is 13.7. The Balaban J connectivity index is 1.52. The number of aryl methyl sites for hydroxylation is 2.